The van der Waals surface area contributed by atoms with Gasteiger partial charge >= 0.3 is 0 Å². The normalized spacial score (nSPS) is 11.1. The fourth-order valence-electron chi connectivity index (χ4n) is 2.28. The summed E-state index contributed by atoms with van der Waals surface area (Å²) in [4.78, 5) is 13.8. The Morgan fingerprint density at radius 2 is 1.67 bits per heavy atom. The molecule has 0 fully saturated rings. The number of amides is 1. The largest absolute Gasteiger partial charge is 0.315 e. The highest BCUT2D eigenvalue weighted by Gasteiger charge is 2.20. The van der Waals surface area contributed by atoms with Crippen molar-refractivity contribution >= 4 is 27.3 Å². The molecule has 0 aliphatic heterocycles. The van der Waals surface area contributed by atoms with Crippen LogP contribution in [0.25, 0.3) is 0 Å². The summed E-state index contributed by atoms with van der Waals surface area (Å²) in [6.07, 6.45) is 1.01. The van der Waals surface area contributed by atoms with Gasteiger partial charge in [0.15, 0.2) is 0 Å². The molecule has 0 N–H and O–H groups in total. The fourth-order valence-corrected chi connectivity index (χ4v) is 3.20. The molecule has 5 nitrogen and oxygen atoms in total. The van der Waals surface area contributed by atoms with Crippen LogP contribution in [0.2, 0.25) is 0 Å². The zero-order chi connectivity index (χ0) is 17.7. The molecule has 7 heteroatoms. The maximum Gasteiger partial charge on any atom is 0.232 e. The SMILES string of the molecule is CN(C(=O)CCN(c1cccc(F)c1)S(C)(=O)=O)c1ccccc1. The first kappa shape index (κ1) is 17.9. The lowest BCUT2D eigenvalue weighted by atomic mass is 10.2. The number of rotatable bonds is 6. The Kier molecular flexibility index (Phi) is 5.56. The van der Waals surface area contributed by atoms with E-state index in [0.717, 1.165) is 22.3 Å². The third-order valence-electron chi connectivity index (χ3n) is 3.54. The predicted molar refractivity (Wildman–Crippen MR) is 93.1 cm³/mol. The third kappa shape index (κ3) is 4.55. The van der Waals surface area contributed by atoms with E-state index in [0.29, 0.717) is 0 Å². The van der Waals surface area contributed by atoms with Gasteiger partial charge in [0.25, 0.3) is 0 Å². The van der Waals surface area contributed by atoms with Crippen molar-refractivity contribution in [2.45, 2.75) is 6.42 Å². The molecule has 0 unspecified atom stereocenters. The number of sulfonamides is 1. The minimum Gasteiger partial charge on any atom is -0.315 e. The molecule has 0 aliphatic rings. The zero-order valence-corrected chi connectivity index (χ0v) is 14.3. The second-order valence-electron chi connectivity index (χ2n) is 5.35. The Balaban J connectivity index is 2.13. The van der Waals surface area contributed by atoms with Crippen LogP contribution in [0.4, 0.5) is 15.8 Å². The molecule has 2 aromatic rings. The van der Waals surface area contributed by atoms with E-state index in [1.807, 2.05) is 18.2 Å². The van der Waals surface area contributed by atoms with E-state index in [9.17, 15) is 17.6 Å². The summed E-state index contributed by atoms with van der Waals surface area (Å²) in [5, 5.41) is 0. The van der Waals surface area contributed by atoms with E-state index in [4.69, 9.17) is 0 Å². The molecule has 0 aliphatic carbocycles. The van der Waals surface area contributed by atoms with E-state index < -0.39 is 15.8 Å². The van der Waals surface area contributed by atoms with Crippen molar-refractivity contribution in [1.82, 2.24) is 0 Å². The van der Waals surface area contributed by atoms with Gasteiger partial charge in [-0.05, 0) is 30.3 Å². The van der Waals surface area contributed by atoms with Gasteiger partial charge in [-0.15, -0.1) is 0 Å². The van der Waals surface area contributed by atoms with Crippen LogP contribution in [0.5, 0.6) is 0 Å². The summed E-state index contributed by atoms with van der Waals surface area (Å²) in [7, 11) is -2.00. The molecule has 0 bridgehead atoms. The van der Waals surface area contributed by atoms with Crippen LogP contribution in [0.3, 0.4) is 0 Å². The molecule has 0 spiro atoms. The first-order valence-corrected chi connectivity index (χ1v) is 9.19. The van der Waals surface area contributed by atoms with Gasteiger partial charge < -0.3 is 4.90 Å². The molecular formula is C17H19FN2O3S. The molecule has 0 aromatic heterocycles. The predicted octanol–water partition coefficient (Wildman–Crippen LogP) is 2.64. The van der Waals surface area contributed by atoms with Crippen molar-refractivity contribution < 1.29 is 17.6 Å². The molecule has 24 heavy (non-hydrogen) atoms. The minimum atomic E-state index is -3.62. The average molecular weight is 350 g/mol. The summed E-state index contributed by atoms with van der Waals surface area (Å²) in [6, 6.07) is 14.3. The van der Waals surface area contributed by atoms with Gasteiger partial charge in [0.2, 0.25) is 15.9 Å². The fraction of sp³-hybridized carbons (Fsp3) is 0.235. The summed E-state index contributed by atoms with van der Waals surface area (Å²) in [6.45, 7) is -0.0572. The number of para-hydroxylation sites is 1. The van der Waals surface area contributed by atoms with Gasteiger partial charge in [-0.1, -0.05) is 24.3 Å². The number of benzene rings is 2. The van der Waals surface area contributed by atoms with Crippen molar-refractivity contribution in [3.8, 4) is 0 Å². The van der Waals surface area contributed by atoms with Gasteiger partial charge in [-0.3, -0.25) is 9.10 Å². The number of anilines is 2. The molecule has 2 rings (SSSR count). The van der Waals surface area contributed by atoms with E-state index in [2.05, 4.69) is 0 Å². The van der Waals surface area contributed by atoms with Gasteiger partial charge in [-0.25, -0.2) is 12.8 Å². The molecule has 0 saturated heterocycles. The van der Waals surface area contributed by atoms with Crippen LogP contribution in [0.1, 0.15) is 6.42 Å². The number of hydrogen-bond donors (Lipinski definition) is 0. The van der Waals surface area contributed by atoms with Gasteiger partial charge in [0, 0.05) is 25.7 Å². The van der Waals surface area contributed by atoms with Gasteiger partial charge in [0.1, 0.15) is 5.82 Å². The Morgan fingerprint density at radius 1 is 1.04 bits per heavy atom. The van der Waals surface area contributed by atoms with Crippen molar-refractivity contribution in [3.63, 3.8) is 0 Å². The molecule has 2 aromatic carbocycles. The van der Waals surface area contributed by atoms with Crippen LogP contribution in [0, 0.1) is 5.82 Å². The van der Waals surface area contributed by atoms with Crippen LogP contribution < -0.4 is 9.21 Å². The highest BCUT2D eigenvalue weighted by atomic mass is 32.2. The van der Waals surface area contributed by atoms with Crippen molar-refractivity contribution in [3.05, 3.63) is 60.4 Å². The monoisotopic (exact) mass is 350 g/mol. The van der Waals surface area contributed by atoms with Crippen LogP contribution >= 0.6 is 0 Å². The van der Waals surface area contributed by atoms with Gasteiger partial charge in [0.05, 0.1) is 11.9 Å². The number of carbonyl (C=O) groups is 1. The van der Waals surface area contributed by atoms with E-state index in [-0.39, 0.29) is 24.6 Å². The Hall–Kier alpha value is -2.41. The molecule has 0 saturated carbocycles. The van der Waals surface area contributed by atoms with Crippen molar-refractivity contribution in [2.24, 2.45) is 0 Å². The summed E-state index contributed by atoms with van der Waals surface area (Å²) >= 11 is 0. The van der Waals surface area contributed by atoms with E-state index in [1.165, 1.54) is 23.1 Å². The molecule has 0 radical (unpaired) electrons. The Bertz CT molecular complexity index is 810. The van der Waals surface area contributed by atoms with Crippen molar-refractivity contribution in [2.75, 3.05) is 29.1 Å². The third-order valence-corrected chi connectivity index (χ3v) is 4.74. The quantitative estimate of drug-likeness (QED) is 0.805. The Morgan fingerprint density at radius 3 is 2.25 bits per heavy atom. The first-order valence-electron chi connectivity index (χ1n) is 7.34. The molecule has 0 atom stereocenters. The summed E-state index contributed by atoms with van der Waals surface area (Å²) in [5.41, 5.74) is 0.923. The second-order valence-corrected chi connectivity index (χ2v) is 7.26. The highest BCUT2D eigenvalue weighted by Crippen LogP contribution is 2.20. The molecule has 0 heterocycles. The first-order chi connectivity index (χ1) is 11.3. The van der Waals surface area contributed by atoms with E-state index in [1.54, 1.807) is 19.2 Å². The Labute approximate surface area is 141 Å². The second kappa shape index (κ2) is 7.44. The van der Waals surface area contributed by atoms with E-state index >= 15 is 0 Å². The lowest BCUT2D eigenvalue weighted by Crippen LogP contribution is -2.35. The maximum absolute atomic E-state index is 13.4. The standard InChI is InChI=1S/C17H19FN2O3S/c1-19(15-8-4-3-5-9-15)17(21)11-12-20(24(2,22)23)16-10-6-7-14(18)13-16/h3-10,13H,11-12H2,1-2H3. The summed E-state index contributed by atoms with van der Waals surface area (Å²) in [5.74, 6) is -0.764. The number of nitrogens with zero attached hydrogens (tertiary/aromatic N) is 2. The smallest absolute Gasteiger partial charge is 0.232 e. The lowest BCUT2D eigenvalue weighted by Gasteiger charge is -2.24. The lowest BCUT2D eigenvalue weighted by molar-refractivity contribution is -0.118. The van der Waals surface area contributed by atoms with Crippen LogP contribution in [0.15, 0.2) is 54.6 Å². The van der Waals surface area contributed by atoms with Gasteiger partial charge in [-0.2, -0.15) is 0 Å². The topological polar surface area (TPSA) is 57.7 Å². The van der Waals surface area contributed by atoms with Crippen molar-refractivity contribution in [1.29, 1.82) is 0 Å². The van der Waals surface area contributed by atoms with Crippen LogP contribution in [-0.2, 0) is 14.8 Å². The number of halogens is 1. The van der Waals surface area contributed by atoms with Crippen LogP contribution in [-0.4, -0.2) is 34.2 Å². The number of carbonyl (C=O) groups excluding carboxylic acids is 1. The average Bonchev–Trinajstić information content (AvgIpc) is 2.54. The maximum atomic E-state index is 13.4. The minimum absolute atomic E-state index is 0.0189. The molecular weight excluding hydrogens is 331 g/mol. The summed E-state index contributed by atoms with van der Waals surface area (Å²) < 4.78 is 38.4. The highest BCUT2D eigenvalue weighted by molar-refractivity contribution is 7.92. The number of hydrogen-bond acceptors (Lipinski definition) is 3. The zero-order valence-electron chi connectivity index (χ0n) is 13.5. The molecule has 1 amide bonds. The molecule has 128 valence electrons.